The second-order valence-electron chi connectivity index (χ2n) is 8.26. The number of ether oxygens (including phenoxy) is 5. The number of aliphatic hydroxyl groups is 5. The monoisotopic (exact) mass is 480 g/mol. The van der Waals surface area contributed by atoms with Crippen molar-refractivity contribution >= 4 is 11.8 Å². The molecule has 7 N–H and O–H groups in total. The first kappa shape index (κ1) is 26.2. The number of carbonyl (C=O) groups excluding carboxylic acids is 2. The van der Waals surface area contributed by atoms with Crippen molar-refractivity contribution in [2.45, 2.75) is 81.2 Å². The molecule has 3 rings (SSSR count). The molecule has 0 aromatic rings. The largest absolute Gasteiger partial charge is 0.394 e. The topological polar surface area (TPSA) is 209 Å². The van der Waals surface area contributed by atoms with Gasteiger partial charge in [0.25, 0.3) is 0 Å². The highest BCUT2D eigenvalue weighted by Crippen LogP contribution is 2.30. The van der Waals surface area contributed by atoms with Gasteiger partial charge in [0.1, 0.15) is 54.8 Å². The number of hydrogen-bond acceptors (Lipinski definition) is 12. The number of epoxide rings is 1. The van der Waals surface area contributed by atoms with E-state index in [1.165, 1.54) is 13.8 Å². The first-order valence-electron chi connectivity index (χ1n) is 10.7. The zero-order chi connectivity index (χ0) is 24.3. The van der Waals surface area contributed by atoms with Crippen molar-refractivity contribution in [3.05, 3.63) is 0 Å². The van der Waals surface area contributed by atoms with E-state index in [2.05, 4.69) is 10.6 Å². The van der Waals surface area contributed by atoms with Gasteiger partial charge in [-0.1, -0.05) is 0 Å². The molecule has 0 aliphatic carbocycles. The Labute approximate surface area is 189 Å². The summed E-state index contributed by atoms with van der Waals surface area (Å²) in [5.41, 5.74) is 0. The Morgan fingerprint density at radius 3 is 1.94 bits per heavy atom. The highest BCUT2D eigenvalue weighted by atomic mass is 16.7. The molecule has 14 nitrogen and oxygen atoms in total. The standard InChI is InChI=1S/C19H32N2O12/c1-7(24)20-12-15(27)14(26)10(3-22)31-19(12)33-17-11(4-23)32-18(30-6-9-5-29-9)13(16(17)28)21-8(2)25/h9-19,22-23,26-28H,3-6H2,1-2H3,(H,20,24)(H,21,25)/t9?,10-,11-,12-,13-,14-,15-,16-,17-,18-,19+/m1/s1. The molecule has 2 amide bonds. The average Bonchev–Trinajstić information content (AvgIpc) is 3.59. The number of nitrogens with one attached hydrogen (secondary N) is 2. The van der Waals surface area contributed by atoms with E-state index in [0.29, 0.717) is 6.61 Å². The fraction of sp³-hybridized carbons (Fsp3) is 0.895. The zero-order valence-corrected chi connectivity index (χ0v) is 18.3. The maximum atomic E-state index is 11.7. The number of carbonyl (C=O) groups is 2. The number of aliphatic hydroxyl groups excluding tert-OH is 5. The first-order chi connectivity index (χ1) is 15.7. The lowest BCUT2D eigenvalue weighted by Gasteiger charge is -2.48. The van der Waals surface area contributed by atoms with Gasteiger partial charge >= 0.3 is 0 Å². The predicted octanol–water partition coefficient (Wildman–Crippen LogP) is -4.69. The van der Waals surface area contributed by atoms with Crippen LogP contribution in [0.3, 0.4) is 0 Å². The molecule has 0 bridgehead atoms. The smallest absolute Gasteiger partial charge is 0.217 e. The molecule has 0 spiro atoms. The second-order valence-corrected chi connectivity index (χ2v) is 8.26. The van der Waals surface area contributed by atoms with Crippen molar-refractivity contribution in [2.24, 2.45) is 0 Å². The van der Waals surface area contributed by atoms with E-state index in [9.17, 15) is 35.1 Å². The molecular formula is C19H32N2O12. The van der Waals surface area contributed by atoms with Crippen molar-refractivity contribution in [3.8, 4) is 0 Å². The summed E-state index contributed by atoms with van der Waals surface area (Å²) in [6.45, 7) is 1.81. The molecule has 0 saturated carbocycles. The summed E-state index contributed by atoms with van der Waals surface area (Å²) in [6.07, 6.45) is -11.0. The third-order valence-corrected chi connectivity index (χ3v) is 5.61. The van der Waals surface area contributed by atoms with Crippen LogP contribution in [0.1, 0.15) is 13.8 Å². The Kier molecular flexibility index (Phi) is 8.96. The SMILES string of the molecule is CC(=O)N[C@H]1[C@H](OCC2CO2)O[C@H](CO)[C@@H](O[C@@H]2O[C@H](CO)[C@@H](O)[C@H](O)[C@H]2NC(C)=O)[C@@H]1O. The van der Waals surface area contributed by atoms with Crippen molar-refractivity contribution in [3.63, 3.8) is 0 Å². The van der Waals surface area contributed by atoms with Gasteiger partial charge in [-0.25, -0.2) is 0 Å². The third-order valence-electron chi connectivity index (χ3n) is 5.61. The zero-order valence-electron chi connectivity index (χ0n) is 18.3. The van der Waals surface area contributed by atoms with Crippen LogP contribution in [-0.2, 0) is 33.3 Å². The maximum absolute atomic E-state index is 11.7. The van der Waals surface area contributed by atoms with Gasteiger partial charge in [-0.3, -0.25) is 9.59 Å². The first-order valence-corrected chi connectivity index (χ1v) is 10.7. The Morgan fingerprint density at radius 2 is 1.42 bits per heavy atom. The molecule has 3 aliphatic rings. The van der Waals surface area contributed by atoms with Crippen LogP contribution in [0.25, 0.3) is 0 Å². The van der Waals surface area contributed by atoms with Crippen molar-refractivity contribution in [1.29, 1.82) is 0 Å². The molecule has 0 aromatic carbocycles. The third kappa shape index (κ3) is 6.36. The predicted molar refractivity (Wildman–Crippen MR) is 105 cm³/mol. The van der Waals surface area contributed by atoms with Crippen LogP contribution >= 0.6 is 0 Å². The van der Waals surface area contributed by atoms with E-state index in [4.69, 9.17) is 23.7 Å². The lowest BCUT2D eigenvalue weighted by atomic mass is 9.94. The second kappa shape index (κ2) is 11.3. The fourth-order valence-electron chi connectivity index (χ4n) is 3.87. The van der Waals surface area contributed by atoms with Gasteiger partial charge in [-0.2, -0.15) is 0 Å². The van der Waals surface area contributed by atoms with Crippen LogP contribution in [0.2, 0.25) is 0 Å². The number of hydrogen-bond donors (Lipinski definition) is 7. The van der Waals surface area contributed by atoms with Crippen LogP contribution in [0, 0.1) is 0 Å². The molecule has 0 radical (unpaired) electrons. The van der Waals surface area contributed by atoms with E-state index < -0.39 is 86.3 Å². The summed E-state index contributed by atoms with van der Waals surface area (Å²) in [4.78, 5) is 23.4. The molecule has 3 heterocycles. The fourth-order valence-corrected chi connectivity index (χ4v) is 3.87. The Balaban J connectivity index is 1.80. The van der Waals surface area contributed by atoms with Gasteiger partial charge in [0.05, 0.1) is 26.4 Å². The molecule has 3 aliphatic heterocycles. The van der Waals surface area contributed by atoms with Crippen LogP contribution in [0.15, 0.2) is 0 Å². The Morgan fingerprint density at radius 1 is 0.879 bits per heavy atom. The van der Waals surface area contributed by atoms with Crippen molar-refractivity contribution in [2.75, 3.05) is 26.4 Å². The highest BCUT2D eigenvalue weighted by molar-refractivity contribution is 5.73. The van der Waals surface area contributed by atoms with Gasteiger partial charge in [0, 0.05) is 13.8 Å². The molecule has 0 aromatic heterocycles. The summed E-state index contributed by atoms with van der Waals surface area (Å²) in [6, 6.07) is -2.37. The lowest BCUT2D eigenvalue weighted by molar-refractivity contribution is -0.332. The lowest BCUT2D eigenvalue weighted by Crippen LogP contribution is -2.69. The molecule has 1 unspecified atom stereocenters. The summed E-state index contributed by atoms with van der Waals surface area (Å²) >= 11 is 0. The van der Waals surface area contributed by atoms with Crippen LogP contribution < -0.4 is 10.6 Å². The quantitative estimate of drug-likeness (QED) is 0.155. The molecule has 190 valence electrons. The van der Waals surface area contributed by atoms with Crippen LogP contribution in [-0.4, -0.2) is 131 Å². The minimum Gasteiger partial charge on any atom is -0.394 e. The van der Waals surface area contributed by atoms with Gasteiger partial charge in [-0.05, 0) is 0 Å². The number of rotatable bonds is 9. The minimum absolute atomic E-state index is 0.123. The van der Waals surface area contributed by atoms with Gasteiger partial charge < -0.3 is 59.9 Å². The van der Waals surface area contributed by atoms with E-state index in [1.54, 1.807) is 0 Å². The maximum Gasteiger partial charge on any atom is 0.217 e. The van der Waals surface area contributed by atoms with Crippen molar-refractivity contribution in [1.82, 2.24) is 10.6 Å². The molecular weight excluding hydrogens is 448 g/mol. The normalized spacial score (nSPS) is 43.1. The highest BCUT2D eigenvalue weighted by Gasteiger charge is 2.52. The van der Waals surface area contributed by atoms with Gasteiger partial charge in [-0.15, -0.1) is 0 Å². The van der Waals surface area contributed by atoms with E-state index in [0.717, 1.165) is 0 Å². The summed E-state index contributed by atoms with van der Waals surface area (Å²) < 4.78 is 27.8. The molecule has 33 heavy (non-hydrogen) atoms. The molecule has 3 saturated heterocycles. The summed E-state index contributed by atoms with van der Waals surface area (Å²) in [5.74, 6) is -1.04. The van der Waals surface area contributed by atoms with E-state index in [1.807, 2.05) is 0 Å². The molecule has 3 fully saturated rings. The summed E-state index contributed by atoms with van der Waals surface area (Å²) in [7, 11) is 0. The van der Waals surface area contributed by atoms with Crippen LogP contribution in [0.4, 0.5) is 0 Å². The number of amides is 2. The van der Waals surface area contributed by atoms with Gasteiger partial charge in [0.15, 0.2) is 12.6 Å². The summed E-state index contributed by atoms with van der Waals surface area (Å²) in [5, 5.41) is 55.9. The minimum atomic E-state index is -1.57. The Bertz CT molecular complexity index is 679. The van der Waals surface area contributed by atoms with E-state index >= 15 is 0 Å². The van der Waals surface area contributed by atoms with Crippen molar-refractivity contribution < 1.29 is 58.8 Å². The molecule has 14 heteroatoms. The molecule has 11 atom stereocenters. The van der Waals surface area contributed by atoms with Crippen LogP contribution in [0.5, 0.6) is 0 Å². The van der Waals surface area contributed by atoms with E-state index in [-0.39, 0.29) is 12.7 Å². The Hall–Kier alpha value is -1.46. The van der Waals surface area contributed by atoms with Gasteiger partial charge in [0.2, 0.25) is 11.8 Å². The average molecular weight is 480 g/mol.